The van der Waals surface area contributed by atoms with Crippen molar-refractivity contribution < 1.29 is 4.79 Å². The van der Waals surface area contributed by atoms with Crippen molar-refractivity contribution in [3.8, 4) is 0 Å². The fourth-order valence-corrected chi connectivity index (χ4v) is 4.16. The van der Waals surface area contributed by atoms with Crippen LogP contribution in [0.1, 0.15) is 51.5 Å². The SMILES string of the molecule is CCc1cc(C(=O)N2CCCC2c2cnn(C)c2)sc1C. The molecule has 0 aromatic carbocycles. The second-order valence-electron chi connectivity index (χ2n) is 5.65. The van der Waals surface area contributed by atoms with Crippen molar-refractivity contribution in [2.45, 2.75) is 39.2 Å². The number of carbonyl (C=O) groups excluding carboxylic acids is 1. The summed E-state index contributed by atoms with van der Waals surface area (Å²) >= 11 is 1.62. The van der Waals surface area contributed by atoms with E-state index in [1.165, 1.54) is 10.4 Å². The van der Waals surface area contributed by atoms with Crippen molar-refractivity contribution in [3.63, 3.8) is 0 Å². The van der Waals surface area contributed by atoms with Gasteiger partial charge in [-0.25, -0.2) is 0 Å². The summed E-state index contributed by atoms with van der Waals surface area (Å²) in [6.45, 7) is 5.08. The molecule has 2 aromatic rings. The van der Waals surface area contributed by atoms with Crippen LogP contribution in [0.4, 0.5) is 0 Å². The van der Waals surface area contributed by atoms with Crippen LogP contribution < -0.4 is 0 Å². The van der Waals surface area contributed by atoms with Crippen LogP contribution in [-0.4, -0.2) is 27.1 Å². The molecule has 1 unspecified atom stereocenters. The second-order valence-corrected chi connectivity index (χ2v) is 6.91. The zero-order valence-electron chi connectivity index (χ0n) is 12.8. The van der Waals surface area contributed by atoms with Gasteiger partial charge in [-0.15, -0.1) is 11.3 Å². The molecular weight excluding hydrogens is 282 g/mol. The van der Waals surface area contributed by atoms with Gasteiger partial charge < -0.3 is 4.90 Å². The van der Waals surface area contributed by atoms with Crippen LogP contribution in [0.5, 0.6) is 0 Å². The Morgan fingerprint density at radius 3 is 2.95 bits per heavy atom. The van der Waals surface area contributed by atoms with Crippen LogP contribution >= 0.6 is 11.3 Å². The molecule has 112 valence electrons. The highest BCUT2D eigenvalue weighted by atomic mass is 32.1. The molecule has 4 nitrogen and oxygen atoms in total. The van der Waals surface area contributed by atoms with Crippen LogP contribution in [0.15, 0.2) is 18.5 Å². The molecule has 0 aliphatic carbocycles. The fourth-order valence-electron chi connectivity index (χ4n) is 3.09. The summed E-state index contributed by atoms with van der Waals surface area (Å²) in [6, 6.07) is 2.25. The van der Waals surface area contributed by atoms with E-state index in [4.69, 9.17) is 0 Å². The number of hydrogen-bond donors (Lipinski definition) is 0. The fraction of sp³-hybridized carbons (Fsp3) is 0.500. The first-order valence-electron chi connectivity index (χ1n) is 7.49. The monoisotopic (exact) mass is 303 g/mol. The molecule has 1 aliphatic rings. The van der Waals surface area contributed by atoms with Gasteiger partial charge in [0.2, 0.25) is 0 Å². The van der Waals surface area contributed by atoms with E-state index in [1.54, 1.807) is 16.0 Å². The standard InChI is InChI=1S/C16H21N3OS/c1-4-12-8-15(21-11(12)2)16(20)19-7-5-6-14(19)13-9-17-18(3)10-13/h8-10,14H,4-7H2,1-3H3. The van der Waals surface area contributed by atoms with Crippen LogP contribution in [-0.2, 0) is 13.5 Å². The quantitative estimate of drug-likeness (QED) is 0.872. The predicted molar refractivity (Wildman–Crippen MR) is 84.7 cm³/mol. The van der Waals surface area contributed by atoms with Crippen LogP contribution in [0.3, 0.4) is 0 Å². The van der Waals surface area contributed by atoms with Gasteiger partial charge in [0, 0.05) is 30.2 Å². The Kier molecular flexibility index (Phi) is 3.85. The van der Waals surface area contributed by atoms with E-state index in [0.717, 1.165) is 36.2 Å². The van der Waals surface area contributed by atoms with Gasteiger partial charge in [0.1, 0.15) is 0 Å². The average Bonchev–Trinajstić information content (AvgIpc) is 3.16. The van der Waals surface area contributed by atoms with Gasteiger partial charge in [0.15, 0.2) is 0 Å². The molecule has 2 aromatic heterocycles. The first kappa shape index (κ1) is 14.3. The van der Waals surface area contributed by atoms with Crippen LogP contribution in [0, 0.1) is 6.92 Å². The highest BCUT2D eigenvalue weighted by molar-refractivity contribution is 7.14. The lowest BCUT2D eigenvalue weighted by atomic mass is 10.1. The number of hydrogen-bond acceptors (Lipinski definition) is 3. The smallest absolute Gasteiger partial charge is 0.264 e. The van der Waals surface area contributed by atoms with E-state index in [2.05, 4.69) is 25.0 Å². The topological polar surface area (TPSA) is 38.1 Å². The third kappa shape index (κ3) is 2.62. The maximum absolute atomic E-state index is 12.8. The zero-order valence-corrected chi connectivity index (χ0v) is 13.6. The number of rotatable bonds is 3. The van der Waals surface area contributed by atoms with E-state index in [-0.39, 0.29) is 11.9 Å². The highest BCUT2D eigenvalue weighted by Crippen LogP contribution is 2.34. The Bertz CT molecular complexity index is 658. The molecule has 0 bridgehead atoms. The Labute approximate surface area is 129 Å². The molecule has 1 aliphatic heterocycles. The lowest BCUT2D eigenvalue weighted by molar-refractivity contribution is 0.0740. The van der Waals surface area contributed by atoms with E-state index < -0.39 is 0 Å². The van der Waals surface area contributed by atoms with Crippen LogP contribution in [0.25, 0.3) is 0 Å². The summed E-state index contributed by atoms with van der Waals surface area (Å²) in [5.41, 5.74) is 2.44. The molecule has 3 rings (SSSR count). The van der Waals surface area contributed by atoms with Crippen molar-refractivity contribution in [1.29, 1.82) is 0 Å². The molecule has 1 amide bonds. The summed E-state index contributed by atoms with van der Waals surface area (Å²) in [4.78, 5) is 17.0. The minimum Gasteiger partial charge on any atom is -0.331 e. The van der Waals surface area contributed by atoms with Gasteiger partial charge in [0.05, 0.1) is 17.1 Å². The third-order valence-electron chi connectivity index (χ3n) is 4.24. The van der Waals surface area contributed by atoms with Crippen molar-refractivity contribution in [1.82, 2.24) is 14.7 Å². The molecule has 1 fully saturated rings. The average molecular weight is 303 g/mol. The van der Waals surface area contributed by atoms with E-state index >= 15 is 0 Å². The van der Waals surface area contributed by atoms with E-state index in [9.17, 15) is 4.79 Å². The number of nitrogens with zero attached hydrogens (tertiary/aromatic N) is 3. The zero-order chi connectivity index (χ0) is 15.0. The maximum Gasteiger partial charge on any atom is 0.264 e. The molecular formula is C16H21N3OS. The molecule has 5 heteroatoms. The third-order valence-corrected chi connectivity index (χ3v) is 5.32. The minimum absolute atomic E-state index is 0.175. The highest BCUT2D eigenvalue weighted by Gasteiger charge is 2.32. The maximum atomic E-state index is 12.8. The normalized spacial score (nSPS) is 18.4. The minimum atomic E-state index is 0.175. The molecule has 21 heavy (non-hydrogen) atoms. The van der Waals surface area contributed by atoms with E-state index in [0.29, 0.717) is 0 Å². The number of amides is 1. The lowest BCUT2D eigenvalue weighted by Gasteiger charge is -2.23. The number of likely N-dealkylation sites (tertiary alicyclic amines) is 1. The van der Waals surface area contributed by atoms with Crippen molar-refractivity contribution >= 4 is 17.2 Å². The molecule has 3 heterocycles. The van der Waals surface area contributed by atoms with Crippen molar-refractivity contribution in [3.05, 3.63) is 39.3 Å². The van der Waals surface area contributed by atoms with Gasteiger partial charge in [-0.1, -0.05) is 6.92 Å². The summed E-state index contributed by atoms with van der Waals surface area (Å²) < 4.78 is 1.81. The Morgan fingerprint density at radius 2 is 2.33 bits per heavy atom. The van der Waals surface area contributed by atoms with Gasteiger partial charge in [0.25, 0.3) is 5.91 Å². The summed E-state index contributed by atoms with van der Waals surface area (Å²) in [5, 5.41) is 4.24. The number of thiophene rings is 1. The van der Waals surface area contributed by atoms with E-state index in [1.807, 2.05) is 24.3 Å². The van der Waals surface area contributed by atoms with Gasteiger partial charge in [-0.2, -0.15) is 5.10 Å². The van der Waals surface area contributed by atoms with Gasteiger partial charge >= 0.3 is 0 Å². The van der Waals surface area contributed by atoms with Gasteiger partial charge in [-0.05, 0) is 37.8 Å². The second kappa shape index (κ2) is 5.64. The molecule has 0 radical (unpaired) electrons. The molecule has 0 N–H and O–H groups in total. The number of carbonyl (C=O) groups is 1. The van der Waals surface area contributed by atoms with Crippen molar-refractivity contribution in [2.75, 3.05) is 6.54 Å². The summed E-state index contributed by atoms with van der Waals surface area (Å²) in [7, 11) is 1.92. The Morgan fingerprint density at radius 1 is 1.52 bits per heavy atom. The molecule has 0 spiro atoms. The van der Waals surface area contributed by atoms with Gasteiger partial charge in [-0.3, -0.25) is 9.48 Å². The summed E-state index contributed by atoms with van der Waals surface area (Å²) in [6.07, 6.45) is 6.99. The first-order valence-corrected chi connectivity index (χ1v) is 8.30. The predicted octanol–water partition coefficient (Wildman–Crippen LogP) is 3.33. The Balaban J connectivity index is 1.85. The van der Waals surface area contributed by atoms with Crippen LogP contribution in [0.2, 0.25) is 0 Å². The molecule has 1 atom stereocenters. The lowest BCUT2D eigenvalue weighted by Crippen LogP contribution is -2.29. The first-order chi connectivity index (χ1) is 10.1. The molecule has 1 saturated heterocycles. The molecule has 0 saturated carbocycles. The summed E-state index contributed by atoms with van der Waals surface area (Å²) in [5.74, 6) is 0.175. The Hall–Kier alpha value is -1.62. The number of aromatic nitrogens is 2. The largest absolute Gasteiger partial charge is 0.331 e. The number of aryl methyl sites for hydroxylation is 3. The van der Waals surface area contributed by atoms with Crippen molar-refractivity contribution in [2.24, 2.45) is 7.05 Å².